The number of rotatable bonds is 5. The number of nitrogens with one attached hydrogen (secondary N) is 1. The fourth-order valence-corrected chi connectivity index (χ4v) is 2.81. The molecule has 1 saturated carbocycles. The molecule has 0 radical (unpaired) electrons. The van der Waals surface area contributed by atoms with E-state index in [-0.39, 0.29) is 5.92 Å². The van der Waals surface area contributed by atoms with Crippen LogP contribution in [0.15, 0.2) is 24.3 Å². The van der Waals surface area contributed by atoms with Crippen LogP contribution < -0.4 is 5.32 Å². The molecule has 3 nitrogen and oxygen atoms in total. The van der Waals surface area contributed by atoms with Crippen LogP contribution in [0.5, 0.6) is 0 Å². The SMILES string of the molecule is Cc1ccccc1CNCC1CCCC1C(=O)O. The summed E-state index contributed by atoms with van der Waals surface area (Å²) in [5.74, 6) is -0.476. The summed E-state index contributed by atoms with van der Waals surface area (Å²) in [6.07, 6.45) is 2.93. The normalized spacial score (nSPS) is 23.2. The molecule has 2 N–H and O–H groups in total. The topological polar surface area (TPSA) is 49.3 Å². The molecule has 0 saturated heterocycles. The standard InChI is InChI=1S/C15H21NO2/c1-11-5-2-3-6-12(11)9-16-10-13-7-4-8-14(13)15(17)18/h2-3,5-6,13-14,16H,4,7-10H2,1H3,(H,17,18). The smallest absolute Gasteiger partial charge is 0.306 e. The van der Waals surface area contributed by atoms with Gasteiger partial charge in [0.05, 0.1) is 5.92 Å². The van der Waals surface area contributed by atoms with Gasteiger partial charge in [-0.2, -0.15) is 0 Å². The lowest BCUT2D eigenvalue weighted by atomic mass is 9.96. The minimum absolute atomic E-state index is 0.144. The summed E-state index contributed by atoms with van der Waals surface area (Å²) >= 11 is 0. The fourth-order valence-electron chi connectivity index (χ4n) is 2.81. The number of hydrogen-bond acceptors (Lipinski definition) is 2. The highest BCUT2D eigenvalue weighted by molar-refractivity contribution is 5.70. The molecule has 1 aromatic rings. The molecule has 2 atom stereocenters. The zero-order chi connectivity index (χ0) is 13.0. The number of aliphatic carboxylic acids is 1. The highest BCUT2D eigenvalue weighted by atomic mass is 16.4. The number of carboxylic acid groups (broad SMARTS) is 1. The highest BCUT2D eigenvalue weighted by Gasteiger charge is 2.32. The van der Waals surface area contributed by atoms with E-state index >= 15 is 0 Å². The van der Waals surface area contributed by atoms with Crippen LogP contribution in [0.4, 0.5) is 0 Å². The molecule has 0 amide bonds. The van der Waals surface area contributed by atoms with E-state index in [1.54, 1.807) is 0 Å². The third kappa shape index (κ3) is 3.10. The first kappa shape index (κ1) is 13.1. The summed E-state index contributed by atoms with van der Waals surface area (Å²) in [7, 11) is 0. The van der Waals surface area contributed by atoms with Crippen molar-refractivity contribution in [1.29, 1.82) is 0 Å². The van der Waals surface area contributed by atoms with Crippen LogP contribution in [0, 0.1) is 18.8 Å². The van der Waals surface area contributed by atoms with Crippen LogP contribution >= 0.6 is 0 Å². The maximum atomic E-state index is 11.1. The molecule has 0 spiro atoms. The molecule has 1 fully saturated rings. The number of aryl methyl sites for hydroxylation is 1. The van der Waals surface area contributed by atoms with Crippen LogP contribution in [0.3, 0.4) is 0 Å². The number of carbonyl (C=O) groups is 1. The summed E-state index contributed by atoms with van der Waals surface area (Å²) in [6.45, 7) is 3.74. The molecule has 98 valence electrons. The maximum Gasteiger partial charge on any atom is 0.306 e. The predicted molar refractivity (Wildman–Crippen MR) is 71.4 cm³/mol. The van der Waals surface area contributed by atoms with Crippen molar-refractivity contribution in [2.24, 2.45) is 11.8 Å². The molecule has 1 aliphatic rings. The predicted octanol–water partition coefficient (Wildman–Crippen LogP) is 2.59. The van der Waals surface area contributed by atoms with Gasteiger partial charge in [-0.15, -0.1) is 0 Å². The third-order valence-electron chi connectivity index (χ3n) is 3.96. The second-order valence-electron chi connectivity index (χ2n) is 5.19. The summed E-state index contributed by atoms with van der Waals surface area (Å²) in [5.41, 5.74) is 2.58. The minimum atomic E-state index is -0.629. The van der Waals surface area contributed by atoms with Gasteiger partial charge in [-0.3, -0.25) is 4.79 Å². The molecule has 2 unspecified atom stereocenters. The summed E-state index contributed by atoms with van der Waals surface area (Å²) in [6, 6.07) is 8.30. The van der Waals surface area contributed by atoms with Gasteiger partial charge >= 0.3 is 5.97 Å². The molecular formula is C15H21NO2. The van der Waals surface area contributed by atoms with Crippen molar-refractivity contribution in [2.45, 2.75) is 32.7 Å². The lowest BCUT2D eigenvalue weighted by Gasteiger charge is -2.16. The maximum absolute atomic E-state index is 11.1. The Morgan fingerprint density at radius 2 is 2.17 bits per heavy atom. The van der Waals surface area contributed by atoms with E-state index in [4.69, 9.17) is 5.11 Å². The van der Waals surface area contributed by atoms with E-state index < -0.39 is 5.97 Å². The van der Waals surface area contributed by atoms with Crippen molar-refractivity contribution in [3.05, 3.63) is 35.4 Å². The van der Waals surface area contributed by atoms with Crippen LogP contribution in [0.25, 0.3) is 0 Å². The largest absolute Gasteiger partial charge is 0.481 e. The van der Waals surface area contributed by atoms with Gasteiger partial charge in [0.15, 0.2) is 0 Å². The van der Waals surface area contributed by atoms with Gasteiger partial charge in [-0.1, -0.05) is 30.7 Å². The minimum Gasteiger partial charge on any atom is -0.481 e. The van der Waals surface area contributed by atoms with Crippen molar-refractivity contribution in [2.75, 3.05) is 6.54 Å². The van der Waals surface area contributed by atoms with E-state index in [0.29, 0.717) is 5.92 Å². The Balaban J connectivity index is 1.82. The van der Waals surface area contributed by atoms with E-state index in [1.165, 1.54) is 11.1 Å². The average molecular weight is 247 g/mol. The number of carboxylic acids is 1. The molecule has 1 aromatic carbocycles. The Morgan fingerprint density at radius 1 is 1.39 bits per heavy atom. The molecule has 0 aliphatic heterocycles. The van der Waals surface area contributed by atoms with Crippen molar-refractivity contribution in [3.8, 4) is 0 Å². The molecular weight excluding hydrogens is 226 g/mol. The molecule has 1 aliphatic carbocycles. The van der Waals surface area contributed by atoms with Crippen molar-refractivity contribution in [3.63, 3.8) is 0 Å². The lowest BCUT2D eigenvalue weighted by molar-refractivity contribution is -0.142. The zero-order valence-electron chi connectivity index (χ0n) is 10.9. The molecule has 2 rings (SSSR count). The van der Waals surface area contributed by atoms with E-state index in [2.05, 4.69) is 24.4 Å². The van der Waals surface area contributed by atoms with Gasteiger partial charge < -0.3 is 10.4 Å². The Hall–Kier alpha value is -1.35. The Bertz CT molecular complexity index is 417. The van der Waals surface area contributed by atoms with Crippen LogP contribution in [-0.2, 0) is 11.3 Å². The fraction of sp³-hybridized carbons (Fsp3) is 0.533. The first-order valence-electron chi connectivity index (χ1n) is 6.66. The van der Waals surface area contributed by atoms with Gasteiger partial charge in [-0.25, -0.2) is 0 Å². The van der Waals surface area contributed by atoms with Crippen molar-refractivity contribution in [1.82, 2.24) is 5.32 Å². The first-order valence-corrected chi connectivity index (χ1v) is 6.66. The van der Waals surface area contributed by atoms with Crippen molar-refractivity contribution < 1.29 is 9.90 Å². The van der Waals surface area contributed by atoms with Gasteiger partial charge in [0, 0.05) is 6.54 Å². The second kappa shape index (κ2) is 6.01. The number of hydrogen-bond donors (Lipinski definition) is 2. The van der Waals surface area contributed by atoms with Crippen LogP contribution in [-0.4, -0.2) is 17.6 Å². The van der Waals surface area contributed by atoms with E-state index in [0.717, 1.165) is 32.4 Å². The lowest BCUT2D eigenvalue weighted by Crippen LogP contribution is -2.28. The average Bonchev–Trinajstić information content (AvgIpc) is 2.80. The Morgan fingerprint density at radius 3 is 2.89 bits per heavy atom. The molecule has 0 bridgehead atoms. The molecule has 0 heterocycles. The molecule has 0 aromatic heterocycles. The Labute approximate surface area is 108 Å². The monoisotopic (exact) mass is 247 g/mol. The Kier molecular flexibility index (Phi) is 4.37. The van der Waals surface area contributed by atoms with E-state index in [9.17, 15) is 4.79 Å². The summed E-state index contributed by atoms with van der Waals surface area (Å²) < 4.78 is 0. The first-order chi connectivity index (χ1) is 8.68. The van der Waals surface area contributed by atoms with Crippen LogP contribution in [0.1, 0.15) is 30.4 Å². The number of benzene rings is 1. The third-order valence-corrected chi connectivity index (χ3v) is 3.96. The molecule has 3 heteroatoms. The summed E-state index contributed by atoms with van der Waals surface area (Å²) in [4.78, 5) is 11.1. The van der Waals surface area contributed by atoms with Crippen molar-refractivity contribution >= 4 is 5.97 Å². The van der Waals surface area contributed by atoms with Gasteiger partial charge in [-0.05, 0) is 43.4 Å². The zero-order valence-corrected chi connectivity index (χ0v) is 10.9. The van der Waals surface area contributed by atoms with Gasteiger partial charge in [0.25, 0.3) is 0 Å². The second-order valence-corrected chi connectivity index (χ2v) is 5.19. The van der Waals surface area contributed by atoms with E-state index in [1.807, 2.05) is 12.1 Å². The van der Waals surface area contributed by atoms with Gasteiger partial charge in [0.1, 0.15) is 0 Å². The molecule has 18 heavy (non-hydrogen) atoms. The quantitative estimate of drug-likeness (QED) is 0.840. The van der Waals surface area contributed by atoms with Gasteiger partial charge in [0.2, 0.25) is 0 Å². The summed E-state index contributed by atoms with van der Waals surface area (Å²) in [5, 5.41) is 12.5. The van der Waals surface area contributed by atoms with Crippen LogP contribution in [0.2, 0.25) is 0 Å². The highest BCUT2D eigenvalue weighted by Crippen LogP contribution is 2.31.